The molecule has 1 amide bonds. The molecule has 0 spiro atoms. The highest BCUT2D eigenvalue weighted by Gasteiger charge is 2.16. The van der Waals surface area contributed by atoms with Crippen LogP contribution in [0, 0.1) is 11.6 Å². The topological polar surface area (TPSA) is 79.4 Å². The van der Waals surface area contributed by atoms with E-state index in [0.29, 0.717) is 18.9 Å². The molecule has 9 heteroatoms. The van der Waals surface area contributed by atoms with Crippen molar-refractivity contribution in [3.05, 3.63) is 73.0 Å². The van der Waals surface area contributed by atoms with Gasteiger partial charge in [-0.05, 0) is 42.5 Å². The summed E-state index contributed by atoms with van der Waals surface area (Å²) in [6.07, 6.45) is 2.06. The fraction of sp³-hybridized carbons (Fsp3) is 0.174. The lowest BCUT2D eigenvalue weighted by Crippen LogP contribution is -2.36. The summed E-state index contributed by atoms with van der Waals surface area (Å²) >= 11 is 0. The van der Waals surface area contributed by atoms with Crippen molar-refractivity contribution < 1.29 is 18.3 Å². The minimum Gasteiger partial charge on any atom is -0.378 e. The Bertz CT molecular complexity index is 1150. The Balaban J connectivity index is 1.61. The van der Waals surface area contributed by atoms with Crippen LogP contribution in [-0.4, -0.2) is 42.2 Å². The van der Waals surface area contributed by atoms with Crippen LogP contribution in [0.1, 0.15) is 0 Å². The number of hydrogen-bond acceptors (Lipinski definition) is 6. The minimum atomic E-state index is -0.788. The van der Waals surface area contributed by atoms with Gasteiger partial charge in [-0.25, -0.2) is 18.7 Å². The fourth-order valence-electron chi connectivity index (χ4n) is 3.33. The van der Waals surface area contributed by atoms with Gasteiger partial charge in [0.15, 0.2) is 5.82 Å². The molecule has 0 saturated carbocycles. The van der Waals surface area contributed by atoms with E-state index in [9.17, 15) is 13.6 Å². The molecule has 32 heavy (non-hydrogen) atoms. The number of ether oxygens (including phenoxy) is 1. The smallest absolute Gasteiger partial charge is 0.247 e. The number of rotatable bonds is 6. The molecule has 1 saturated heterocycles. The van der Waals surface area contributed by atoms with Crippen molar-refractivity contribution in [3.8, 4) is 11.3 Å². The first-order chi connectivity index (χ1) is 15.5. The molecule has 3 aromatic rings. The third-order valence-corrected chi connectivity index (χ3v) is 4.90. The van der Waals surface area contributed by atoms with Gasteiger partial charge in [-0.2, -0.15) is 0 Å². The summed E-state index contributed by atoms with van der Waals surface area (Å²) in [6.45, 7) is 6.29. The molecule has 7 nitrogen and oxygen atoms in total. The molecule has 1 fully saturated rings. The van der Waals surface area contributed by atoms with E-state index in [1.165, 1.54) is 12.1 Å². The summed E-state index contributed by atoms with van der Waals surface area (Å²) in [7, 11) is 0. The highest BCUT2D eigenvalue weighted by molar-refractivity contribution is 5.99. The molecule has 164 valence electrons. The number of anilines is 4. The highest BCUT2D eigenvalue weighted by atomic mass is 19.1. The van der Waals surface area contributed by atoms with Crippen LogP contribution in [0.25, 0.3) is 11.3 Å². The van der Waals surface area contributed by atoms with Crippen molar-refractivity contribution in [2.75, 3.05) is 41.8 Å². The Morgan fingerprint density at radius 3 is 2.69 bits per heavy atom. The Hall–Kier alpha value is -3.85. The number of halogens is 2. The summed E-state index contributed by atoms with van der Waals surface area (Å²) in [5, 5.41) is 5.57. The first-order valence-corrected chi connectivity index (χ1v) is 9.99. The van der Waals surface area contributed by atoms with Gasteiger partial charge in [0.25, 0.3) is 0 Å². The largest absolute Gasteiger partial charge is 0.378 e. The maximum absolute atomic E-state index is 14.5. The zero-order chi connectivity index (χ0) is 22.5. The van der Waals surface area contributed by atoms with Gasteiger partial charge in [0.05, 0.1) is 19.4 Å². The molecule has 2 heterocycles. The van der Waals surface area contributed by atoms with Gasteiger partial charge < -0.3 is 20.3 Å². The van der Waals surface area contributed by atoms with Crippen LogP contribution >= 0.6 is 0 Å². The van der Waals surface area contributed by atoms with Crippen molar-refractivity contribution in [1.82, 2.24) is 9.97 Å². The van der Waals surface area contributed by atoms with Crippen LogP contribution in [0.5, 0.6) is 0 Å². The Morgan fingerprint density at radius 1 is 1.09 bits per heavy atom. The molecule has 2 N–H and O–H groups in total. The predicted octanol–water partition coefficient (Wildman–Crippen LogP) is 4.13. The van der Waals surface area contributed by atoms with Gasteiger partial charge in [-0.15, -0.1) is 0 Å². The Morgan fingerprint density at radius 2 is 1.91 bits per heavy atom. The average Bonchev–Trinajstić information content (AvgIpc) is 2.82. The van der Waals surface area contributed by atoms with Crippen molar-refractivity contribution in [2.24, 2.45) is 0 Å². The summed E-state index contributed by atoms with van der Waals surface area (Å²) in [6, 6.07) is 11.5. The van der Waals surface area contributed by atoms with Crippen molar-refractivity contribution in [1.29, 1.82) is 0 Å². The second-order valence-electron chi connectivity index (χ2n) is 7.05. The Labute approximate surface area is 183 Å². The van der Waals surface area contributed by atoms with Gasteiger partial charge in [-0.1, -0.05) is 12.6 Å². The summed E-state index contributed by atoms with van der Waals surface area (Å²) in [5.41, 5.74) is 1.68. The normalized spacial score (nSPS) is 13.5. The SMILES string of the molecule is C=CC(=O)Nc1ccc(F)c(-c2nc(Nc3cccc(N4CCOCC4)c3)ncc2F)c1. The average molecular weight is 437 g/mol. The second kappa shape index (κ2) is 9.52. The van der Waals surface area contributed by atoms with E-state index < -0.39 is 17.5 Å². The van der Waals surface area contributed by atoms with Gasteiger partial charge in [-0.3, -0.25) is 4.79 Å². The van der Waals surface area contributed by atoms with E-state index in [0.717, 1.165) is 37.1 Å². The van der Waals surface area contributed by atoms with E-state index in [1.807, 2.05) is 24.3 Å². The molecule has 4 rings (SSSR count). The van der Waals surface area contributed by atoms with Gasteiger partial charge in [0, 0.05) is 35.7 Å². The van der Waals surface area contributed by atoms with Crippen molar-refractivity contribution >= 4 is 28.9 Å². The molecule has 0 bridgehead atoms. The van der Waals surface area contributed by atoms with Gasteiger partial charge in [0.1, 0.15) is 11.5 Å². The minimum absolute atomic E-state index is 0.100. The molecule has 1 aliphatic rings. The monoisotopic (exact) mass is 437 g/mol. The van der Waals surface area contributed by atoms with Crippen LogP contribution in [-0.2, 0) is 9.53 Å². The molecule has 1 aromatic heterocycles. The number of aromatic nitrogens is 2. The van der Waals surface area contributed by atoms with E-state index in [-0.39, 0.29) is 22.9 Å². The van der Waals surface area contributed by atoms with Crippen LogP contribution in [0.4, 0.5) is 31.8 Å². The molecule has 0 radical (unpaired) electrons. The zero-order valence-corrected chi connectivity index (χ0v) is 17.1. The first kappa shape index (κ1) is 21.4. The van der Waals surface area contributed by atoms with Crippen LogP contribution in [0.3, 0.4) is 0 Å². The number of morpholine rings is 1. The number of benzene rings is 2. The number of amides is 1. The van der Waals surface area contributed by atoms with Crippen LogP contribution < -0.4 is 15.5 Å². The molecular formula is C23H21F2N5O2. The third kappa shape index (κ3) is 4.89. The molecule has 0 unspecified atom stereocenters. The maximum atomic E-state index is 14.5. The van der Waals surface area contributed by atoms with E-state index in [2.05, 4.69) is 32.1 Å². The molecule has 2 aromatic carbocycles. The van der Waals surface area contributed by atoms with Gasteiger partial charge in [0.2, 0.25) is 11.9 Å². The third-order valence-electron chi connectivity index (χ3n) is 4.90. The summed E-state index contributed by atoms with van der Waals surface area (Å²) in [4.78, 5) is 21.9. The van der Waals surface area contributed by atoms with E-state index in [1.54, 1.807) is 0 Å². The summed E-state index contributed by atoms with van der Waals surface area (Å²) < 4.78 is 34.4. The predicted molar refractivity (Wildman–Crippen MR) is 119 cm³/mol. The molecular weight excluding hydrogens is 416 g/mol. The number of carbonyl (C=O) groups excluding carboxylic acids is 1. The lowest BCUT2D eigenvalue weighted by Gasteiger charge is -2.29. The van der Waals surface area contributed by atoms with E-state index in [4.69, 9.17) is 4.74 Å². The fourth-order valence-corrected chi connectivity index (χ4v) is 3.33. The molecule has 1 aliphatic heterocycles. The molecule has 0 atom stereocenters. The zero-order valence-electron chi connectivity index (χ0n) is 17.1. The number of nitrogens with zero attached hydrogens (tertiary/aromatic N) is 3. The maximum Gasteiger partial charge on any atom is 0.247 e. The summed E-state index contributed by atoms with van der Waals surface area (Å²) in [5.74, 6) is -1.82. The standard InChI is InChI=1S/C23H21F2N5O2/c1-2-21(31)27-16-6-7-19(24)18(13-16)22-20(25)14-26-23(29-22)28-15-4-3-5-17(12-15)30-8-10-32-11-9-30/h2-7,12-14H,1,8-11H2,(H,27,31)(H,26,28,29). The quantitative estimate of drug-likeness (QED) is 0.565. The van der Waals surface area contributed by atoms with Crippen LogP contribution in [0.2, 0.25) is 0 Å². The van der Waals surface area contributed by atoms with E-state index >= 15 is 0 Å². The number of carbonyl (C=O) groups is 1. The van der Waals surface area contributed by atoms with Gasteiger partial charge >= 0.3 is 0 Å². The number of hydrogen-bond donors (Lipinski definition) is 2. The van der Waals surface area contributed by atoms with Crippen molar-refractivity contribution in [3.63, 3.8) is 0 Å². The second-order valence-corrected chi connectivity index (χ2v) is 7.05. The lowest BCUT2D eigenvalue weighted by molar-refractivity contribution is -0.111. The number of nitrogens with one attached hydrogen (secondary N) is 2. The highest BCUT2D eigenvalue weighted by Crippen LogP contribution is 2.28. The van der Waals surface area contributed by atoms with Crippen molar-refractivity contribution in [2.45, 2.75) is 0 Å². The van der Waals surface area contributed by atoms with Crippen LogP contribution in [0.15, 0.2) is 61.3 Å². The first-order valence-electron chi connectivity index (χ1n) is 9.99. The lowest BCUT2D eigenvalue weighted by atomic mass is 10.1. The molecule has 0 aliphatic carbocycles. The Kier molecular flexibility index (Phi) is 6.37.